The Hall–Kier alpha value is -1.39. The first-order chi connectivity index (χ1) is 7.19. The molecule has 0 heterocycles. The standard InChI is InChI=1S/C11H14O4/c12-6-9(7-13)10(11(14)15)5-8-3-1-2-4-8/h1-3,5,9,12-13H,4,6-7H2,(H,14,15). The Morgan fingerprint density at radius 2 is 2.13 bits per heavy atom. The first kappa shape index (κ1) is 11.7. The van der Waals surface area contributed by atoms with Crippen molar-refractivity contribution in [1.29, 1.82) is 0 Å². The zero-order chi connectivity index (χ0) is 11.3. The predicted octanol–water partition coefficient (Wildman–Crippen LogP) is 0.484. The Morgan fingerprint density at radius 3 is 2.53 bits per heavy atom. The highest BCUT2D eigenvalue weighted by Gasteiger charge is 2.19. The highest BCUT2D eigenvalue weighted by atomic mass is 16.4. The van der Waals surface area contributed by atoms with Crippen molar-refractivity contribution in [3.8, 4) is 0 Å². The lowest BCUT2D eigenvalue weighted by atomic mass is 9.98. The summed E-state index contributed by atoms with van der Waals surface area (Å²) in [7, 11) is 0. The second kappa shape index (κ2) is 5.48. The maximum Gasteiger partial charge on any atom is 0.332 e. The molecule has 0 atom stereocenters. The number of aliphatic hydroxyl groups excluding tert-OH is 2. The summed E-state index contributed by atoms with van der Waals surface area (Å²) in [6.07, 6.45) is 7.78. The second-order valence-corrected chi connectivity index (χ2v) is 3.34. The minimum atomic E-state index is -1.10. The quantitative estimate of drug-likeness (QED) is 0.577. The molecule has 0 bridgehead atoms. The lowest BCUT2D eigenvalue weighted by molar-refractivity contribution is -0.133. The number of hydrogen-bond acceptors (Lipinski definition) is 3. The van der Waals surface area contributed by atoms with Gasteiger partial charge < -0.3 is 15.3 Å². The number of carbonyl (C=O) groups is 1. The fourth-order valence-electron chi connectivity index (χ4n) is 1.38. The molecule has 0 aliphatic heterocycles. The molecule has 15 heavy (non-hydrogen) atoms. The van der Waals surface area contributed by atoms with E-state index in [-0.39, 0.29) is 18.8 Å². The molecule has 0 aromatic heterocycles. The molecule has 0 spiro atoms. The van der Waals surface area contributed by atoms with Gasteiger partial charge in [0.25, 0.3) is 0 Å². The fraction of sp³-hybridized carbons (Fsp3) is 0.364. The van der Waals surface area contributed by atoms with Crippen LogP contribution in [0.5, 0.6) is 0 Å². The summed E-state index contributed by atoms with van der Waals surface area (Å²) in [4.78, 5) is 10.9. The molecule has 0 aromatic carbocycles. The van der Waals surface area contributed by atoms with E-state index in [4.69, 9.17) is 15.3 Å². The molecule has 0 amide bonds. The minimum Gasteiger partial charge on any atom is -0.478 e. The zero-order valence-electron chi connectivity index (χ0n) is 8.26. The van der Waals surface area contributed by atoms with Crippen LogP contribution in [0.4, 0.5) is 0 Å². The van der Waals surface area contributed by atoms with Crippen molar-refractivity contribution in [2.24, 2.45) is 5.92 Å². The van der Waals surface area contributed by atoms with Crippen LogP contribution in [-0.2, 0) is 4.79 Å². The van der Waals surface area contributed by atoms with E-state index < -0.39 is 11.9 Å². The van der Waals surface area contributed by atoms with Gasteiger partial charge in [-0.05, 0) is 18.1 Å². The van der Waals surface area contributed by atoms with Crippen LogP contribution in [-0.4, -0.2) is 34.5 Å². The highest BCUT2D eigenvalue weighted by molar-refractivity contribution is 5.88. The number of rotatable bonds is 5. The molecule has 0 unspecified atom stereocenters. The number of hydrogen-bond donors (Lipinski definition) is 3. The van der Waals surface area contributed by atoms with E-state index in [1.807, 2.05) is 18.2 Å². The molecule has 4 heteroatoms. The first-order valence-corrected chi connectivity index (χ1v) is 4.71. The molecule has 1 aliphatic carbocycles. The maximum atomic E-state index is 10.9. The monoisotopic (exact) mass is 210 g/mol. The highest BCUT2D eigenvalue weighted by Crippen LogP contribution is 2.18. The Balaban J connectivity index is 2.86. The Kier molecular flexibility index (Phi) is 4.27. The van der Waals surface area contributed by atoms with Crippen molar-refractivity contribution in [3.63, 3.8) is 0 Å². The summed E-state index contributed by atoms with van der Waals surface area (Å²) >= 11 is 0. The average Bonchev–Trinajstić information content (AvgIpc) is 2.70. The van der Waals surface area contributed by atoms with Gasteiger partial charge in [0.15, 0.2) is 0 Å². The van der Waals surface area contributed by atoms with E-state index in [1.54, 1.807) is 0 Å². The van der Waals surface area contributed by atoms with Crippen LogP contribution in [0.15, 0.2) is 35.5 Å². The summed E-state index contributed by atoms with van der Waals surface area (Å²) in [5, 5.41) is 26.8. The molecule has 82 valence electrons. The van der Waals surface area contributed by atoms with E-state index in [9.17, 15) is 4.79 Å². The third-order valence-electron chi connectivity index (χ3n) is 2.27. The van der Waals surface area contributed by atoms with Gasteiger partial charge in [0, 0.05) is 11.5 Å². The van der Waals surface area contributed by atoms with E-state index in [2.05, 4.69) is 0 Å². The molecule has 0 saturated heterocycles. The van der Waals surface area contributed by atoms with Gasteiger partial charge in [0.2, 0.25) is 0 Å². The van der Waals surface area contributed by atoms with E-state index >= 15 is 0 Å². The number of aliphatic carboxylic acids is 1. The van der Waals surface area contributed by atoms with Gasteiger partial charge in [-0.1, -0.05) is 18.2 Å². The molecular weight excluding hydrogens is 196 g/mol. The summed E-state index contributed by atoms with van der Waals surface area (Å²) in [6, 6.07) is 0. The number of aliphatic hydroxyl groups is 2. The lowest BCUT2D eigenvalue weighted by Gasteiger charge is -2.12. The molecule has 0 radical (unpaired) electrons. The Bertz CT molecular complexity index is 321. The van der Waals surface area contributed by atoms with Gasteiger partial charge in [0.05, 0.1) is 13.2 Å². The molecule has 0 fully saturated rings. The zero-order valence-corrected chi connectivity index (χ0v) is 8.26. The Labute approximate surface area is 87.9 Å². The molecule has 0 saturated carbocycles. The van der Waals surface area contributed by atoms with Crippen LogP contribution in [0.2, 0.25) is 0 Å². The minimum absolute atomic E-state index is 0.0509. The van der Waals surface area contributed by atoms with Crippen LogP contribution in [0.25, 0.3) is 0 Å². The smallest absolute Gasteiger partial charge is 0.332 e. The van der Waals surface area contributed by atoms with Crippen molar-refractivity contribution >= 4 is 5.97 Å². The lowest BCUT2D eigenvalue weighted by Crippen LogP contribution is -2.20. The van der Waals surface area contributed by atoms with Gasteiger partial charge in [-0.3, -0.25) is 0 Å². The van der Waals surface area contributed by atoms with E-state index in [0.29, 0.717) is 6.42 Å². The summed E-state index contributed by atoms with van der Waals surface area (Å²) in [6.45, 7) is -0.731. The number of carboxylic acid groups (broad SMARTS) is 1. The van der Waals surface area contributed by atoms with Crippen LogP contribution in [0.1, 0.15) is 6.42 Å². The fourth-order valence-corrected chi connectivity index (χ4v) is 1.38. The Morgan fingerprint density at radius 1 is 1.47 bits per heavy atom. The van der Waals surface area contributed by atoms with Crippen LogP contribution >= 0.6 is 0 Å². The summed E-state index contributed by atoms with van der Waals surface area (Å²) in [5.41, 5.74) is 0.925. The molecule has 4 nitrogen and oxygen atoms in total. The maximum absolute atomic E-state index is 10.9. The first-order valence-electron chi connectivity index (χ1n) is 4.71. The summed E-state index contributed by atoms with van der Waals surface area (Å²) < 4.78 is 0. The average molecular weight is 210 g/mol. The van der Waals surface area contributed by atoms with Gasteiger partial charge in [-0.15, -0.1) is 0 Å². The molecule has 1 rings (SSSR count). The van der Waals surface area contributed by atoms with Gasteiger partial charge >= 0.3 is 5.97 Å². The molecule has 0 aromatic rings. The number of allylic oxidation sites excluding steroid dienone is 5. The van der Waals surface area contributed by atoms with Gasteiger partial charge in [0.1, 0.15) is 0 Å². The van der Waals surface area contributed by atoms with E-state index in [0.717, 1.165) is 5.57 Å². The summed E-state index contributed by atoms with van der Waals surface area (Å²) in [5.74, 6) is -1.82. The molecule has 3 N–H and O–H groups in total. The topological polar surface area (TPSA) is 77.8 Å². The third kappa shape index (κ3) is 3.04. The third-order valence-corrected chi connectivity index (χ3v) is 2.27. The second-order valence-electron chi connectivity index (χ2n) is 3.34. The van der Waals surface area contributed by atoms with Crippen molar-refractivity contribution in [2.45, 2.75) is 6.42 Å². The SMILES string of the molecule is O=C(O)C(=CC1=CC=CC1)C(CO)CO. The van der Waals surface area contributed by atoms with E-state index in [1.165, 1.54) is 6.08 Å². The largest absolute Gasteiger partial charge is 0.478 e. The van der Waals surface area contributed by atoms with Gasteiger partial charge in [-0.25, -0.2) is 4.79 Å². The normalized spacial score (nSPS) is 15.9. The van der Waals surface area contributed by atoms with Crippen LogP contribution < -0.4 is 0 Å². The van der Waals surface area contributed by atoms with Gasteiger partial charge in [-0.2, -0.15) is 0 Å². The number of carboxylic acids is 1. The van der Waals surface area contributed by atoms with Crippen LogP contribution in [0, 0.1) is 5.92 Å². The van der Waals surface area contributed by atoms with Crippen molar-refractivity contribution < 1.29 is 20.1 Å². The molecule has 1 aliphatic rings. The van der Waals surface area contributed by atoms with Crippen LogP contribution in [0.3, 0.4) is 0 Å². The predicted molar refractivity (Wildman–Crippen MR) is 55.2 cm³/mol. The van der Waals surface area contributed by atoms with Crippen molar-refractivity contribution in [2.75, 3.05) is 13.2 Å². The molecular formula is C11H14O4. The van der Waals surface area contributed by atoms with Crippen molar-refractivity contribution in [3.05, 3.63) is 35.5 Å². The van der Waals surface area contributed by atoms with Crippen molar-refractivity contribution in [1.82, 2.24) is 0 Å².